The molecule has 0 fully saturated rings. The summed E-state index contributed by atoms with van der Waals surface area (Å²) in [6.45, 7) is 0. The lowest BCUT2D eigenvalue weighted by Crippen LogP contribution is -2.07. The first kappa shape index (κ1) is 20.7. The van der Waals surface area contributed by atoms with Gasteiger partial charge in [-0.3, -0.25) is 0 Å². The van der Waals surface area contributed by atoms with Crippen LogP contribution in [0.4, 0.5) is 0 Å². The van der Waals surface area contributed by atoms with Gasteiger partial charge in [-0.15, -0.1) is 0 Å². The average molecular weight is 412 g/mol. The van der Waals surface area contributed by atoms with Gasteiger partial charge in [0.25, 0.3) is 0 Å². The fourth-order valence-electron chi connectivity index (χ4n) is 3.04. The molecule has 2 aromatic carbocycles. The Kier molecular flexibility index (Phi) is 5.91. The van der Waals surface area contributed by atoms with E-state index in [1.807, 2.05) is 0 Å². The van der Waals surface area contributed by atoms with Crippen molar-refractivity contribution in [2.24, 2.45) is 0 Å². The third-order valence-electron chi connectivity index (χ3n) is 4.44. The fourth-order valence-corrected chi connectivity index (χ4v) is 3.04. The number of aromatic carboxylic acids is 1. The molecule has 0 saturated heterocycles. The quantitative estimate of drug-likeness (QED) is 0.590. The predicted molar refractivity (Wildman–Crippen MR) is 107 cm³/mol. The second kappa shape index (κ2) is 8.56. The largest absolute Gasteiger partial charge is 0.496 e. The molecule has 9 nitrogen and oxygen atoms in total. The molecule has 1 heterocycles. The van der Waals surface area contributed by atoms with Gasteiger partial charge >= 0.3 is 11.9 Å². The fraction of sp³-hybridized carbons (Fsp3) is 0.190. The molecule has 156 valence electrons. The molecule has 0 spiro atoms. The van der Waals surface area contributed by atoms with Crippen molar-refractivity contribution in [3.05, 3.63) is 53.7 Å². The molecular weight excluding hydrogens is 392 g/mol. The van der Waals surface area contributed by atoms with E-state index in [1.165, 1.54) is 51.3 Å². The minimum absolute atomic E-state index is 0.0461. The zero-order valence-electron chi connectivity index (χ0n) is 16.8. The van der Waals surface area contributed by atoms with Crippen LogP contribution in [0.3, 0.4) is 0 Å². The number of carbonyl (C=O) groups excluding carboxylic acids is 1. The van der Waals surface area contributed by atoms with Gasteiger partial charge in [0.15, 0.2) is 5.69 Å². The molecule has 0 saturated carbocycles. The van der Waals surface area contributed by atoms with Crippen LogP contribution in [0.1, 0.15) is 20.8 Å². The van der Waals surface area contributed by atoms with E-state index in [-0.39, 0.29) is 17.0 Å². The molecule has 0 atom stereocenters. The van der Waals surface area contributed by atoms with Crippen LogP contribution >= 0.6 is 0 Å². The molecule has 0 unspecified atom stereocenters. The van der Waals surface area contributed by atoms with Crippen molar-refractivity contribution < 1.29 is 33.6 Å². The number of ether oxygens (including phenoxy) is 4. The van der Waals surface area contributed by atoms with Crippen molar-refractivity contribution in [2.75, 3.05) is 28.4 Å². The van der Waals surface area contributed by atoms with Crippen molar-refractivity contribution in [2.45, 2.75) is 0 Å². The normalized spacial score (nSPS) is 10.4. The van der Waals surface area contributed by atoms with Crippen LogP contribution in [0.15, 0.2) is 42.5 Å². The first-order valence-corrected chi connectivity index (χ1v) is 8.76. The standard InChI is InChI=1S/C21H20N2O7/c1-27-16-6-5-7-17(28-2)19(16)15-11-13(21(26)30-4)22-23(15)14-9-8-12(20(24)25)10-18(14)29-3/h5-11H,1-4H3,(H,24,25). The Morgan fingerprint density at radius 1 is 0.900 bits per heavy atom. The van der Waals surface area contributed by atoms with Gasteiger partial charge in [-0.1, -0.05) is 6.07 Å². The Balaban J connectivity index is 2.34. The Morgan fingerprint density at radius 3 is 2.07 bits per heavy atom. The van der Waals surface area contributed by atoms with Crippen LogP contribution in [-0.2, 0) is 4.74 Å². The number of hydrogen-bond donors (Lipinski definition) is 1. The summed E-state index contributed by atoms with van der Waals surface area (Å²) in [4.78, 5) is 23.5. The summed E-state index contributed by atoms with van der Waals surface area (Å²) in [5, 5.41) is 13.6. The first-order valence-electron chi connectivity index (χ1n) is 8.76. The highest BCUT2D eigenvalue weighted by atomic mass is 16.5. The van der Waals surface area contributed by atoms with Crippen LogP contribution in [0.5, 0.6) is 17.2 Å². The summed E-state index contributed by atoms with van der Waals surface area (Å²) in [5.41, 5.74) is 1.53. The van der Waals surface area contributed by atoms with Gasteiger partial charge in [0.05, 0.1) is 45.3 Å². The number of hydrogen-bond acceptors (Lipinski definition) is 7. The van der Waals surface area contributed by atoms with E-state index in [0.29, 0.717) is 28.4 Å². The number of esters is 1. The van der Waals surface area contributed by atoms with Crippen LogP contribution in [0.25, 0.3) is 16.9 Å². The van der Waals surface area contributed by atoms with Crippen LogP contribution in [0.2, 0.25) is 0 Å². The highest BCUT2D eigenvalue weighted by molar-refractivity contribution is 5.91. The molecule has 9 heteroatoms. The molecule has 30 heavy (non-hydrogen) atoms. The van der Waals surface area contributed by atoms with Gasteiger partial charge in [-0.05, 0) is 36.4 Å². The van der Waals surface area contributed by atoms with Crippen LogP contribution < -0.4 is 14.2 Å². The van der Waals surface area contributed by atoms with Gasteiger partial charge in [-0.2, -0.15) is 5.10 Å². The van der Waals surface area contributed by atoms with E-state index >= 15 is 0 Å². The van der Waals surface area contributed by atoms with Crippen molar-refractivity contribution in [3.63, 3.8) is 0 Å². The topological polar surface area (TPSA) is 109 Å². The summed E-state index contributed by atoms with van der Waals surface area (Å²) >= 11 is 0. The van der Waals surface area contributed by atoms with E-state index < -0.39 is 11.9 Å². The number of aromatic nitrogens is 2. The summed E-state index contributed by atoms with van der Waals surface area (Å²) in [6, 6.07) is 11.1. The Morgan fingerprint density at radius 2 is 1.53 bits per heavy atom. The van der Waals surface area contributed by atoms with Gasteiger partial charge in [0.2, 0.25) is 0 Å². The number of carboxylic acids is 1. The van der Waals surface area contributed by atoms with Gasteiger partial charge in [0.1, 0.15) is 22.9 Å². The third kappa shape index (κ3) is 3.64. The number of rotatable bonds is 7. The van der Waals surface area contributed by atoms with Gasteiger partial charge in [0, 0.05) is 0 Å². The van der Waals surface area contributed by atoms with E-state index in [0.717, 1.165) is 0 Å². The minimum Gasteiger partial charge on any atom is -0.496 e. The SMILES string of the molecule is COC(=O)c1cc(-c2c(OC)cccc2OC)n(-c2ccc(C(=O)O)cc2OC)n1. The predicted octanol–water partition coefficient (Wildman–Crippen LogP) is 3.05. The van der Waals surface area contributed by atoms with Gasteiger partial charge < -0.3 is 24.1 Å². The summed E-state index contributed by atoms with van der Waals surface area (Å²) < 4.78 is 22.6. The Hall–Kier alpha value is -4.01. The zero-order valence-corrected chi connectivity index (χ0v) is 16.8. The average Bonchev–Trinajstić information content (AvgIpc) is 3.21. The molecule has 0 bridgehead atoms. The Labute approximate surface area is 172 Å². The molecular formula is C21H20N2O7. The highest BCUT2D eigenvalue weighted by Crippen LogP contribution is 2.40. The number of carboxylic acid groups (broad SMARTS) is 1. The summed E-state index contributed by atoms with van der Waals surface area (Å²) in [6.07, 6.45) is 0. The molecule has 1 aromatic heterocycles. The van der Waals surface area contributed by atoms with Crippen molar-refractivity contribution in [1.29, 1.82) is 0 Å². The van der Waals surface area contributed by atoms with Crippen LogP contribution in [0, 0.1) is 0 Å². The molecule has 3 rings (SSSR count). The maximum atomic E-state index is 12.2. The number of carbonyl (C=O) groups is 2. The zero-order chi connectivity index (χ0) is 21.8. The highest BCUT2D eigenvalue weighted by Gasteiger charge is 2.24. The molecule has 0 amide bonds. The van der Waals surface area contributed by atoms with E-state index in [9.17, 15) is 14.7 Å². The second-order valence-corrected chi connectivity index (χ2v) is 6.05. The van der Waals surface area contributed by atoms with Crippen molar-refractivity contribution in [3.8, 4) is 34.2 Å². The van der Waals surface area contributed by atoms with E-state index in [4.69, 9.17) is 18.9 Å². The molecule has 0 radical (unpaired) electrons. The molecule has 0 aliphatic carbocycles. The molecule has 0 aliphatic rings. The molecule has 3 aromatic rings. The lowest BCUT2D eigenvalue weighted by molar-refractivity contribution is 0.0592. The van der Waals surface area contributed by atoms with Crippen molar-refractivity contribution in [1.82, 2.24) is 9.78 Å². The number of nitrogens with zero attached hydrogens (tertiary/aromatic N) is 2. The summed E-state index contributed by atoms with van der Waals surface area (Å²) in [5.74, 6) is -0.488. The maximum Gasteiger partial charge on any atom is 0.358 e. The maximum absolute atomic E-state index is 12.2. The molecule has 0 aliphatic heterocycles. The lowest BCUT2D eigenvalue weighted by atomic mass is 10.1. The number of benzene rings is 2. The van der Waals surface area contributed by atoms with E-state index in [1.54, 1.807) is 24.3 Å². The first-order chi connectivity index (χ1) is 14.4. The van der Waals surface area contributed by atoms with Gasteiger partial charge in [-0.25, -0.2) is 14.3 Å². The lowest BCUT2D eigenvalue weighted by Gasteiger charge is -2.16. The minimum atomic E-state index is -1.10. The number of methoxy groups -OCH3 is 4. The van der Waals surface area contributed by atoms with Crippen LogP contribution in [-0.4, -0.2) is 55.3 Å². The smallest absolute Gasteiger partial charge is 0.358 e. The third-order valence-corrected chi connectivity index (χ3v) is 4.44. The van der Waals surface area contributed by atoms with Crippen molar-refractivity contribution >= 4 is 11.9 Å². The summed E-state index contributed by atoms with van der Waals surface area (Å²) in [7, 11) is 5.70. The second-order valence-electron chi connectivity index (χ2n) is 6.05. The monoisotopic (exact) mass is 412 g/mol. The molecule has 1 N–H and O–H groups in total. The van der Waals surface area contributed by atoms with E-state index in [2.05, 4.69) is 5.10 Å². The Bertz CT molecular complexity index is 1080.